The molecule has 0 atom stereocenters. The number of rotatable bonds is 9. The third-order valence-corrected chi connectivity index (χ3v) is 18.5. The molecule has 0 aliphatic rings. The maximum absolute atomic E-state index is 13.3. The van der Waals surface area contributed by atoms with Crippen molar-refractivity contribution >= 4 is 56.4 Å². The molecular weight excluding hydrogens is 657 g/mol. The summed E-state index contributed by atoms with van der Waals surface area (Å²) in [5.41, 5.74) is 0.639. The molecule has 39 heavy (non-hydrogen) atoms. The van der Waals surface area contributed by atoms with Crippen molar-refractivity contribution in [3.05, 3.63) is 115 Å². The van der Waals surface area contributed by atoms with E-state index in [1.807, 2.05) is 68.4 Å². The summed E-state index contributed by atoms with van der Waals surface area (Å²) in [5, 5.41) is 3.23. The Morgan fingerprint density at radius 3 is 1.56 bits per heavy atom. The Hall–Kier alpha value is -1.91. The third kappa shape index (κ3) is 6.08. The van der Waals surface area contributed by atoms with Crippen LogP contribution in [0.15, 0.2) is 114 Å². The second kappa shape index (κ2) is 12.7. The van der Waals surface area contributed by atoms with Gasteiger partial charge < -0.3 is 0 Å². The zero-order valence-corrected chi connectivity index (χ0v) is 27.1. The van der Waals surface area contributed by atoms with Crippen LogP contribution in [0.2, 0.25) is 0 Å². The molecule has 4 aromatic rings. The predicted octanol–water partition coefficient (Wildman–Crippen LogP) is 6.12. The molecule has 0 aromatic heterocycles. The fourth-order valence-electron chi connectivity index (χ4n) is 4.47. The molecule has 0 saturated heterocycles. The standard InChI is InChI=1S/C30H31NO3PS.2ClH.Ru/c1-24(2)34-30-21-20-29(36(32,33)31(3)4)22-25(30)23-35(26-14-8-5-9-15-26,27-16-10-6-11-17-27)28-18-12-7-13-19-28;;;/h5-22,24H,1-4H3;2*1H;/q+1;;;+2/p-2. The molecule has 0 aliphatic heterocycles. The minimum absolute atomic E-state index is 0.148. The maximum atomic E-state index is 13.3. The summed E-state index contributed by atoms with van der Waals surface area (Å²) in [4.78, 5) is 0.159. The van der Waals surface area contributed by atoms with Crippen LogP contribution in [0.25, 0.3) is 0 Å². The average molecular weight is 689 g/mol. The van der Waals surface area contributed by atoms with Crippen molar-refractivity contribution in [2.75, 3.05) is 14.1 Å². The molecule has 4 rings (SSSR count). The van der Waals surface area contributed by atoms with Gasteiger partial charge in [0.25, 0.3) is 0 Å². The SMILES string of the molecule is CC(C)Oc1ccc(S(=O)(=O)N(C)C)cc1[C](=[Ru]([Cl])[Cl])[P+](c1ccccc1)(c1ccccc1)c1ccccc1. The van der Waals surface area contributed by atoms with E-state index >= 15 is 0 Å². The first-order valence-corrected chi connectivity index (χ1v) is 20.8. The van der Waals surface area contributed by atoms with E-state index in [0.717, 1.165) is 19.8 Å². The van der Waals surface area contributed by atoms with Crippen molar-refractivity contribution < 1.29 is 26.7 Å². The van der Waals surface area contributed by atoms with Crippen LogP contribution in [0.5, 0.6) is 5.75 Å². The van der Waals surface area contributed by atoms with Crippen molar-refractivity contribution in [1.82, 2.24) is 4.31 Å². The van der Waals surface area contributed by atoms with Crippen LogP contribution in [0.3, 0.4) is 0 Å². The van der Waals surface area contributed by atoms with Gasteiger partial charge in [0.1, 0.15) is 0 Å². The number of nitrogens with zero attached hydrogens (tertiary/aromatic N) is 1. The Morgan fingerprint density at radius 2 is 1.21 bits per heavy atom. The Balaban J connectivity index is 2.22. The van der Waals surface area contributed by atoms with Crippen LogP contribution < -0.4 is 20.7 Å². The molecule has 0 spiro atoms. The summed E-state index contributed by atoms with van der Waals surface area (Å²) in [6.07, 6.45) is -0.148. The molecule has 0 bridgehead atoms. The second-order valence-corrected chi connectivity index (χ2v) is 21.2. The molecule has 0 fully saturated rings. The number of hydrogen-bond donors (Lipinski definition) is 0. The van der Waals surface area contributed by atoms with Gasteiger partial charge in [-0.3, -0.25) is 0 Å². The van der Waals surface area contributed by atoms with Gasteiger partial charge in [-0.15, -0.1) is 0 Å². The van der Waals surface area contributed by atoms with E-state index in [4.69, 9.17) is 24.1 Å². The Bertz CT molecular complexity index is 1470. The first kappa shape index (κ1) is 30.1. The number of sulfonamides is 1. The fraction of sp³-hybridized carbons (Fsp3) is 0.167. The third-order valence-electron chi connectivity index (χ3n) is 6.15. The molecule has 4 aromatic carbocycles. The number of ether oxygens (including phenoxy) is 1. The zero-order chi connectivity index (χ0) is 28.2. The van der Waals surface area contributed by atoms with Gasteiger partial charge >= 0.3 is 247 Å². The Morgan fingerprint density at radius 1 is 0.769 bits per heavy atom. The zero-order valence-electron chi connectivity index (χ0n) is 22.1. The normalized spacial score (nSPS) is 12.5. The van der Waals surface area contributed by atoms with Gasteiger partial charge in [0.15, 0.2) is 0 Å². The van der Waals surface area contributed by atoms with Crippen LogP contribution in [0.1, 0.15) is 19.4 Å². The molecule has 206 valence electrons. The Kier molecular flexibility index (Phi) is 9.81. The van der Waals surface area contributed by atoms with Gasteiger partial charge in [0.05, 0.1) is 0 Å². The van der Waals surface area contributed by atoms with E-state index in [1.165, 1.54) is 18.4 Å². The summed E-state index contributed by atoms with van der Waals surface area (Å²) in [6, 6.07) is 35.8. The monoisotopic (exact) mass is 688 g/mol. The van der Waals surface area contributed by atoms with Crippen molar-refractivity contribution in [2.45, 2.75) is 24.8 Å². The first-order chi connectivity index (χ1) is 18.6. The van der Waals surface area contributed by atoms with E-state index < -0.39 is 30.8 Å². The van der Waals surface area contributed by atoms with Crippen LogP contribution in [0, 0.1) is 0 Å². The molecule has 0 aliphatic carbocycles. The first-order valence-electron chi connectivity index (χ1n) is 12.3. The van der Waals surface area contributed by atoms with Crippen molar-refractivity contribution in [1.29, 1.82) is 0 Å². The summed E-state index contributed by atoms with van der Waals surface area (Å²) >= 11 is -2.75. The van der Waals surface area contributed by atoms with Crippen LogP contribution in [-0.2, 0) is 23.5 Å². The van der Waals surface area contributed by atoms with E-state index in [1.54, 1.807) is 18.2 Å². The van der Waals surface area contributed by atoms with Crippen LogP contribution >= 0.6 is 26.6 Å². The fourth-order valence-corrected chi connectivity index (χ4v) is 17.6. The Labute approximate surface area is 245 Å². The number of benzene rings is 4. The van der Waals surface area contributed by atoms with Crippen LogP contribution in [-0.4, -0.2) is 36.8 Å². The minimum atomic E-state index is -3.74. The van der Waals surface area contributed by atoms with E-state index in [2.05, 4.69) is 36.4 Å². The molecule has 0 heterocycles. The average Bonchev–Trinajstić information content (AvgIpc) is 2.93. The van der Waals surface area contributed by atoms with Crippen molar-refractivity contribution in [3.63, 3.8) is 0 Å². The number of halogens is 2. The summed E-state index contributed by atoms with van der Waals surface area (Å²) in [6.45, 7) is 3.89. The molecule has 4 nitrogen and oxygen atoms in total. The summed E-state index contributed by atoms with van der Waals surface area (Å²) in [5.74, 6) is 0.560. The van der Waals surface area contributed by atoms with E-state index in [-0.39, 0.29) is 11.0 Å². The molecule has 0 amide bonds. The van der Waals surface area contributed by atoms with Crippen LogP contribution in [0.4, 0.5) is 0 Å². The van der Waals surface area contributed by atoms with Gasteiger partial charge in [-0.25, -0.2) is 0 Å². The predicted molar refractivity (Wildman–Crippen MR) is 164 cm³/mol. The summed E-state index contributed by atoms with van der Waals surface area (Å²) in [7, 11) is 10.9. The topological polar surface area (TPSA) is 46.6 Å². The van der Waals surface area contributed by atoms with Gasteiger partial charge in [-0.2, -0.15) is 0 Å². The molecule has 9 heteroatoms. The van der Waals surface area contributed by atoms with Gasteiger partial charge in [0.2, 0.25) is 0 Å². The van der Waals surface area contributed by atoms with Gasteiger partial charge in [-0.1, -0.05) is 0 Å². The molecular formula is C30H31Cl2NO3PRuS+. The van der Waals surface area contributed by atoms with E-state index in [0.29, 0.717) is 11.3 Å². The van der Waals surface area contributed by atoms with Gasteiger partial charge in [-0.05, 0) is 0 Å². The van der Waals surface area contributed by atoms with Gasteiger partial charge in [0, 0.05) is 0 Å². The number of hydrogen-bond acceptors (Lipinski definition) is 3. The second-order valence-electron chi connectivity index (χ2n) is 9.25. The van der Waals surface area contributed by atoms with E-state index in [9.17, 15) is 8.42 Å². The molecule has 0 saturated carbocycles. The molecule has 0 unspecified atom stereocenters. The quantitative estimate of drug-likeness (QED) is 0.157. The molecule has 0 N–H and O–H groups in total. The molecule has 0 radical (unpaired) electrons. The van der Waals surface area contributed by atoms with Crippen molar-refractivity contribution in [2.24, 2.45) is 0 Å². The van der Waals surface area contributed by atoms with Crippen molar-refractivity contribution in [3.8, 4) is 5.75 Å². The summed E-state index contributed by atoms with van der Waals surface area (Å²) < 4.78 is 35.0.